The first-order valence-electron chi connectivity index (χ1n) is 9.83. The molecule has 0 spiro atoms. The van der Waals surface area contributed by atoms with Crippen LogP contribution in [-0.2, 0) is 28.4 Å². The predicted octanol–water partition coefficient (Wildman–Crippen LogP) is 1.43. The minimum absolute atomic E-state index is 0.166. The van der Waals surface area contributed by atoms with E-state index in [4.69, 9.17) is 4.74 Å². The van der Waals surface area contributed by atoms with Crippen LogP contribution in [0.3, 0.4) is 0 Å². The van der Waals surface area contributed by atoms with Crippen LogP contribution in [0, 0.1) is 0 Å². The van der Waals surface area contributed by atoms with Crippen LogP contribution in [0.4, 0.5) is 0 Å². The highest BCUT2D eigenvalue weighted by molar-refractivity contribution is 7.89. The third kappa shape index (κ3) is 4.66. The molecule has 0 radical (unpaired) electrons. The first kappa shape index (κ1) is 21.2. The van der Waals surface area contributed by atoms with Crippen molar-refractivity contribution in [3.05, 3.63) is 66.1 Å². The van der Waals surface area contributed by atoms with E-state index in [1.54, 1.807) is 23.3 Å². The number of sulfonamides is 1. The number of carbonyl (C=O) groups is 1. The first-order chi connectivity index (χ1) is 14.9. The van der Waals surface area contributed by atoms with Crippen molar-refractivity contribution in [3.8, 4) is 11.3 Å². The number of hydrogen-bond donors (Lipinski definition) is 1. The second kappa shape index (κ2) is 8.96. The summed E-state index contributed by atoms with van der Waals surface area (Å²) < 4.78 is 33.7. The van der Waals surface area contributed by atoms with Gasteiger partial charge in [0.15, 0.2) is 0 Å². The molecule has 1 aliphatic heterocycles. The highest BCUT2D eigenvalue weighted by atomic mass is 32.2. The molecule has 0 unspecified atom stereocenters. The molecule has 0 atom stereocenters. The molecule has 9 nitrogen and oxygen atoms in total. The molecule has 1 aliphatic rings. The molecule has 3 aromatic rings. The highest BCUT2D eigenvalue weighted by Gasteiger charge is 2.26. The van der Waals surface area contributed by atoms with Crippen LogP contribution < -0.4 is 5.32 Å². The lowest BCUT2D eigenvalue weighted by molar-refractivity contribution is 0.0730. The van der Waals surface area contributed by atoms with Crippen molar-refractivity contribution in [3.63, 3.8) is 0 Å². The fourth-order valence-electron chi connectivity index (χ4n) is 3.38. The van der Waals surface area contributed by atoms with Crippen molar-refractivity contribution in [1.82, 2.24) is 24.4 Å². The van der Waals surface area contributed by atoms with Gasteiger partial charge in [-0.1, -0.05) is 0 Å². The van der Waals surface area contributed by atoms with Gasteiger partial charge in [-0.05, 0) is 42.0 Å². The third-order valence-electron chi connectivity index (χ3n) is 5.09. The Kier molecular flexibility index (Phi) is 6.12. The minimum atomic E-state index is -3.58. The fourth-order valence-corrected chi connectivity index (χ4v) is 4.79. The Morgan fingerprint density at radius 1 is 1.13 bits per heavy atom. The van der Waals surface area contributed by atoms with E-state index in [1.165, 1.54) is 28.6 Å². The molecule has 1 aromatic carbocycles. The van der Waals surface area contributed by atoms with Gasteiger partial charge in [-0.15, -0.1) is 0 Å². The van der Waals surface area contributed by atoms with Gasteiger partial charge in [0.25, 0.3) is 5.91 Å². The molecule has 3 heterocycles. The second-order valence-corrected chi connectivity index (χ2v) is 9.08. The number of ether oxygens (including phenoxy) is 1. The molecule has 1 fully saturated rings. The van der Waals surface area contributed by atoms with Gasteiger partial charge in [-0.2, -0.15) is 9.40 Å². The van der Waals surface area contributed by atoms with E-state index < -0.39 is 10.0 Å². The normalized spacial score (nSPS) is 15.0. The monoisotopic (exact) mass is 441 g/mol. The second-order valence-electron chi connectivity index (χ2n) is 7.15. The summed E-state index contributed by atoms with van der Waals surface area (Å²) in [6.07, 6.45) is 5.15. The standard InChI is InChI=1S/C21H23N5O4S/c1-25-20(6-7-24-25)18-12-16(13-22-15-18)14-23-21(27)17-2-4-19(5-3-17)31(28,29)26-8-10-30-11-9-26/h2-7,12-13,15H,8-11,14H2,1H3,(H,23,27). The van der Waals surface area contributed by atoms with Gasteiger partial charge in [0, 0.05) is 56.4 Å². The highest BCUT2D eigenvalue weighted by Crippen LogP contribution is 2.19. The summed E-state index contributed by atoms with van der Waals surface area (Å²) in [6.45, 7) is 1.73. The molecule has 10 heteroatoms. The van der Waals surface area contributed by atoms with Crippen LogP contribution in [0.1, 0.15) is 15.9 Å². The van der Waals surface area contributed by atoms with Crippen LogP contribution >= 0.6 is 0 Å². The van der Waals surface area contributed by atoms with Gasteiger partial charge in [0.05, 0.1) is 23.8 Å². The van der Waals surface area contributed by atoms with Crippen molar-refractivity contribution in [2.45, 2.75) is 11.4 Å². The third-order valence-corrected chi connectivity index (χ3v) is 7.00. The summed E-state index contributed by atoms with van der Waals surface area (Å²) in [4.78, 5) is 16.9. The molecule has 2 aromatic heterocycles. The van der Waals surface area contributed by atoms with E-state index in [2.05, 4.69) is 15.4 Å². The molecule has 1 amide bonds. The van der Waals surface area contributed by atoms with Crippen LogP contribution in [0.15, 0.2) is 59.9 Å². The fraction of sp³-hybridized carbons (Fsp3) is 0.286. The van der Waals surface area contributed by atoms with Crippen molar-refractivity contribution in [2.24, 2.45) is 7.05 Å². The van der Waals surface area contributed by atoms with Crippen LogP contribution in [-0.4, -0.2) is 59.7 Å². The number of amides is 1. The Balaban J connectivity index is 1.41. The molecule has 1 N–H and O–H groups in total. The zero-order valence-corrected chi connectivity index (χ0v) is 17.9. The summed E-state index contributed by atoms with van der Waals surface area (Å²) in [7, 11) is -1.73. The SMILES string of the molecule is Cn1nccc1-c1cncc(CNC(=O)c2ccc(S(=O)(=O)N3CCOCC3)cc2)c1. The summed E-state index contributed by atoms with van der Waals surface area (Å²) in [5.74, 6) is -0.291. The van der Waals surface area contributed by atoms with Crippen molar-refractivity contribution in [2.75, 3.05) is 26.3 Å². The summed E-state index contributed by atoms with van der Waals surface area (Å²) in [5, 5.41) is 7.00. The van der Waals surface area contributed by atoms with Gasteiger partial charge < -0.3 is 10.1 Å². The summed E-state index contributed by atoms with van der Waals surface area (Å²) in [5.41, 5.74) is 3.07. The van der Waals surface area contributed by atoms with Gasteiger partial charge in [-0.25, -0.2) is 8.42 Å². The smallest absolute Gasteiger partial charge is 0.251 e. The number of carbonyl (C=O) groups excluding carboxylic acids is 1. The number of aromatic nitrogens is 3. The topological polar surface area (TPSA) is 106 Å². The van der Waals surface area contributed by atoms with E-state index in [-0.39, 0.29) is 10.8 Å². The molecular weight excluding hydrogens is 418 g/mol. The number of hydrogen-bond acceptors (Lipinski definition) is 6. The maximum atomic E-state index is 12.7. The van der Waals surface area contributed by atoms with Crippen molar-refractivity contribution in [1.29, 1.82) is 0 Å². The number of rotatable bonds is 6. The lowest BCUT2D eigenvalue weighted by Gasteiger charge is -2.26. The van der Waals surface area contributed by atoms with E-state index in [1.807, 2.05) is 19.2 Å². The Hall–Kier alpha value is -3.08. The average Bonchev–Trinajstić information content (AvgIpc) is 3.24. The maximum Gasteiger partial charge on any atom is 0.251 e. The maximum absolute atomic E-state index is 12.7. The van der Waals surface area contributed by atoms with Crippen LogP contribution in [0.5, 0.6) is 0 Å². The summed E-state index contributed by atoms with van der Waals surface area (Å²) >= 11 is 0. The Morgan fingerprint density at radius 3 is 2.55 bits per heavy atom. The molecule has 162 valence electrons. The van der Waals surface area contributed by atoms with E-state index >= 15 is 0 Å². The Labute approximate surface area is 180 Å². The first-order valence-corrected chi connectivity index (χ1v) is 11.3. The minimum Gasteiger partial charge on any atom is -0.379 e. The zero-order valence-electron chi connectivity index (χ0n) is 17.1. The van der Waals surface area contributed by atoms with Crippen molar-refractivity contribution >= 4 is 15.9 Å². The van der Waals surface area contributed by atoms with Crippen LogP contribution in [0.25, 0.3) is 11.3 Å². The summed E-state index contributed by atoms with van der Waals surface area (Å²) in [6, 6.07) is 9.81. The van der Waals surface area contributed by atoms with Gasteiger partial charge in [0.2, 0.25) is 10.0 Å². The average molecular weight is 442 g/mol. The predicted molar refractivity (Wildman–Crippen MR) is 114 cm³/mol. The van der Waals surface area contributed by atoms with Crippen molar-refractivity contribution < 1.29 is 17.9 Å². The van der Waals surface area contributed by atoms with Crippen LogP contribution in [0.2, 0.25) is 0 Å². The van der Waals surface area contributed by atoms with E-state index in [9.17, 15) is 13.2 Å². The van der Waals surface area contributed by atoms with Gasteiger partial charge >= 0.3 is 0 Å². The number of pyridine rings is 1. The molecule has 31 heavy (non-hydrogen) atoms. The molecule has 0 bridgehead atoms. The Bertz CT molecular complexity index is 1170. The largest absolute Gasteiger partial charge is 0.379 e. The number of nitrogens with zero attached hydrogens (tertiary/aromatic N) is 4. The van der Waals surface area contributed by atoms with Gasteiger partial charge in [-0.3, -0.25) is 14.5 Å². The van der Waals surface area contributed by atoms with E-state index in [0.29, 0.717) is 38.4 Å². The quantitative estimate of drug-likeness (QED) is 0.620. The lowest BCUT2D eigenvalue weighted by Crippen LogP contribution is -2.40. The molecule has 0 saturated carbocycles. The molecular formula is C21H23N5O4S. The van der Waals surface area contributed by atoms with Gasteiger partial charge in [0.1, 0.15) is 0 Å². The number of nitrogens with one attached hydrogen (secondary N) is 1. The Morgan fingerprint density at radius 2 is 1.87 bits per heavy atom. The zero-order chi connectivity index (χ0) is 21.8. The number of aryl methyl sites for hydroxylation is 1. The molecule has 1 saturated heterocycles. The number of benzene rings is 1. The molecule has 0 aliphatic carbocycles. The van der Waals surface area contributed by atoms with E-state index in [0.717, 1.165) is 16.8 Å². The number of morpholine rings is 1. The lowest BCUT2D eigenvalue weighted by atomic mass is 10.1. The molecule has 4 rings (SSSR count).